The molecular formula is C32H25ClN2O5. The molecule has 3 aromatic carbocycles. The Kier molecular flexibility index (Phi) is 5.68. The van der Waals surface area contributed by atoms with Gasteiger partial charge in [0.1, 0.15) is 5.75 Å². The summed E-state index contributed by atoms with van der Waals surface area (Å²) in [5, 5.41) is 10.3. The molecule has 6 unspecified atom stereocenters. The Morgan fingerprint density at radius 3 is 1.85 bits per heavy atom. The number of imide groups is 2. The molecule has 6 atom stereocenters. The van der Waals surface area contributed by atoms with Crippen LogP contribution in [-0.2, 0) is 19.2 Å². The summed E-state index contributed by atoms with van der Waals surface area (Å²) in [6.07, 6.45) is 2.64. The lowest BCUT2D eigenvalue weighted by molar-refractivity contribution is -0.126. The quantitative estimate of drug-likeness (QED) is 0.361. The van der Waals surface area contributed by atoms with Crippen molar-refractivity contribution < 1.29 is 24.3 Å². The van der Waals surface area contributed by atoms with E-state index in [0.29, 0.717) is 29.8 Å². The Morgan fingerprint density at radius 2 is 1.25 bits per heavy atom. The number of carbonyl (C=O) groups excluding carboxylic acids is 4. The van der Waals surface area contributed by atoms with Crippen LogP contribution in [0.3, 0.4) is 0 Å². The second-order valence-electron chi connectivity index (χ2n) is 10.9. The van der Waals surface area contributed by atoms with Crippen LogP contribution < -0.4 is 9.80 Å². The van der Waals surface area contributed by atoms with E-state index < -0.39 is 35.5 Å². The number of carbonyl (C=O) groups is 4. The lowest BCUT2D eigenvalue weighted by Gasteiger charge is -2.44. The van der Waals surface area contributed by atoms with E-state index in [-0.39, 0.29) is 34.4 Å². The number of fused-ring (bicyclic) bond motifs is 4. The lowest BCUT2D eigenvalue weighted by atomic mass is 9.57. The number of anilines is 2. The number of rotatable bonds is 3. The predicted molar refractivity (Wildman–Crippen MR) is 148 cm³/mol. The van der Waals surface area contributed by atoms with Crippen molar-refractivity contribution in [3.05, 3.63) is 101 Å². The molecule has 0 radical (unpaired) electrons. The Morgan fingerprint density at radius 1 is 0.675 bits per heavy atom. The van der Waals surface area contributed by atoms with Gasteiger partial charge in [-0.25, -0.2) is 0 Å². The third-order valence-corrected chi connectivity index (χ3v) is 9.32. The summed E-state index contributed by atoms with van der Waals surface area (Å²) in [6, 6.07) is 22.4. The largest absolute Gasteiger partial charge is 0.508 e. The van der Waals surface area contributed by atoms with Crippen LogP contribution in [0, 0.1) is 29.6 Å². The van der Waals surface area contributed by atoms with Crippen LogP contribution in [0.4, 0.5) is 11.4 Å². The lowest BCUT2D eigenvalue weighted by Crippen LogP contribution is -2.43. The van der Waals surface area contributed by atoms with Gasteiger partial charge in [0.25, 0.3) is 0 Å². The fourth-order valence-electron chi connectivity index (χ4n) is 7.37. The molecule has 2 aliphatic heterocycles. The number of benzene rings is 3. The molecule has 8 heteroatoms. The Balaban J connectivity index is 1.36. The molecule has 40 heavy (non-hydrogen) atoms. The van der Waals surface area contributed by atoms with E-state index in [1.807, 2.05) is 18.2 Å². The number of phenols is 1. The molecule has 4 amide bonds. The van der Waals surface area contributed by atoms with Gasteiger partial charge in [0.2, 0.25) is 23.6 Å². The summed E-state index contributed by atoms with van der Waals surface area (Å²) < 4.78 is 0. The monoisotopic (exact) mass is 552 g/mol. The van der Waals surface area contributed by atoms with Crippen molar-refractivity contribution in [2.45, 2.75) is 18.8 Å². The highest BCUT2D eigenvalue weighted by Gasteiger charge is 2.62. The van der Waals surface area contributed by atoms with Gasteiger partial charge >= 0.3 is 0 Å². The maximum absolute atomic E-state index is 14.0. The zero-order chi connectivity index (χ0) is 27.7. The van der Waals surface area contributed by atoms with Crippen LogP contribution in [-0.4, -0.2) is 28.7 Å². The highest BCUT2D eigenvalue weighted by Crippen LogP contribution is 2.59. The molecule has 2 saturated heterocycles. The van der Waals surface area contributed by atoms with E-state index in [9.17, 15) is 24.3 Å². The number of aromatic hydroxyl groups is 1. The zero-order valence-electron chi connectivity index (χ0n) is 21.3. The highest BCUT2D eigenvalue weighted by atomic mass is 35.5. The molecule has 1 saturated carbocycles. The second-order valence-corrected chi connectivity index (χ2v) is 11.3. The van der Waals surface area contributed by atoms with E-state index >= 15 is 0 Å². The third-order valence-electron chi connectivity index (χ3n) is 9.00. The van der Waals surface area contributed by atoms with Gasteiger partial charge in [-0.15, -0.1) is 0 Å². The number of para-hydroxylation sites is 2. The molecule has 7 rings (SSSR count). The first kappa shape index (κ1) is 24.8. The minimum Gasteiger partial charge on any atom is -0.508 e. The maximum Gasteiger partial charge on any atom is 0.238 e. The van der Waals surface area contributed by atoms with Crippen molar-refractivity contribution in [2.75, 3.05) is 9.80 Å². The fourth-order valence-corrected chi connectivity index (χ4v) is 7.66. The van der Waals surface area contributed by atoms with Crippen LogP contribution in [0.2, 0.25) is 5.02 Å². The average molecular weight is 553 g/mol. The number of hydrogen-bond acceptors (Lipinski definition) is 5. The topological polar surface area (TPSA) is 95.0 Å². The van der Waals surface area contributed by atoms with E-state index in [1.54, 1.807) is 54.6 Å². The summed E-state index contributed by atoms with van der Waals surface area (Å²) in [5.74, 6) is -4.69. The van der Waals surface area contributed by atoms with E-state index in [4.69, 9.17) is 11.6 Å². The normalized spacial score (nSPS) is 29.3. The molecule has 7 nitrogen and oxygen atoms in total. The van der Waals surface area contributed by atoms with Crippen molar-refractivity contribution in [2.24, 2.45) is 29.6 Å². The van der Waals surface area contributed by atoms with Crippen molar-refractivity contribution >= 4 is 46.6 Å². The van der Waals surface area contributed by atoms with E-state index in [0.717, 1.165) is 5.57 Å². The average Bonchev–Trinajstić information content (AvgIpc) is 3.37. The van der Waals surface area contributed by atoms with Crippen LogP contribution in [0.15, 0.2) is 90.5 Å². The van der Waals surface area contributed by atoms with Crippen molar-refractivity contribution in [3.8, 4) is 5.75 Å². The molecule has 0 bridgehead atoms. The molecule has 2 aliphatic carbocycles. The summed E-state index contributed by atoms with van der Waals surface area (Å²) in [4.78, 5) is 58.0. The van der Waals surface area contributed by atoms with Gasteiger partial charge in [0.15, 0.2) is 0 Å². The Hall–Kier alpha value is -4.23. The van der Waals surface area contributed by atoms with Crippen LogP contribution in [0.25, 0.3) is 0 Å². The van der Waals surface area contributed by atoms with E-state index in [2.05, 4.69) is 0 Å². The molecule has 4 aliphatic rings. The van der Waals surface area contributed by atoms with Crippen molar-refractivity contribution in [1.29, 1.82) is 0 Å². The number of phenolic OH excluding ortho intramolecular Hbond substituents is 1. The summed E-state index contributed by atoms with van der Waals surface area (Å²) >= 11 is 6.66. The zero-order valence-corrected chi connectivity index (χ0v) is 22.1. The number of halogens is 1. The Labute approximate surface area is 235 Å². The Bertz CT molecular complexity index is 1600. The second kappa shape index (κ2) is 9.17. The molecule has 0 aromatic heterocycles. The SMILES string of the molecule is O=C1C2CC=C3C(CC4C(=O)N(c5ccccc5)C(=O)C4C3c3ccc(O)cc3Cl)C2C(=O)N1c1ccccc1. The minimum absolute atomic E-state index is 0.00912. The van der Waals surface area contributed by atoms with Gasteiger partial charge < -0.3 is 5.11 Å². The fraction of sp³-hybridized carbons (Fsp3) is 0.250. The molecule has 0 spiro atoms. The predicted octanol–water partition coefficient (Wildman–Crippen LogP) is 5.09. The van der Waals surface area contributed by atoms with E-state index in [1.165, 1.54) is 21.9 Å². The van der Waals surface area contributed by atoms with Gasteiger partial charge in [-0.1, -0.05) is 65.7 Å². The standard InChI is InChI=1S/C32H25ClN2O5/c33-25-15-19(36)11-12-21(25)26-20-13-14-22-27(31(39)34(29(22)37)17-7-3-1-4-8-17)23(20)16-24-28(26)32(40)35(30(24)38)18-9-5-2-6-10-18/h1-13,15,22-24,26-28,36H,14,16H2. The minimum atomic E-state index is -0.716. The number of nitrogens with zero attached hydrogens (tertiary/aromatic N) is 2. The molecule has 3 aromatic rings. The number of amides is 4. The number of allylic oxidation sites excluding steroid dienone is 2. The molecule has 3 fully saturated rings. The first-order valence-electron chi connectivity index (χ1n) is 13.4. The third kappa shape index (κ3) is 3.50. The van der Waals surface area contributed by atoms with Gasteiger partial charge in [0.05, 0.1) is 35.0 Å². The van der Waals surface area contributed by atoms with Crippen LogP contribution in [0.1, 0.15) is 24.3 Å². The van der Waals surface area contributed by atoms with Gasteiger partial charge in [-0.05, 0) is 60.7 Å². The van der Waals surface area contributed by atoms with Gasteiger partial charge in [-0.3, -0.25) is 29.0 Å². The van der Waals surface area contributed by atoms with Gasteiger partial charge in [0, 0.05) is 10.9 Å². The molecular weight excluding hydrogens is 528 g/mol. The summed E-state index contributed by atoms with van der Waals surface area (Å²) in [6.45, 7) is 0. The first-order chi connectivity index (χ1) is 19.4. The van der Waals surface area contributed by atoms with Crippen LogP contribution in [0.5, 0.6) is 5.75 Å². The summed E-state index contributed by atoms with van der Waals surface area (Å²) in [5.41, 5.74) is 2.51. The van der Waals surface area contributed by atoms with Crippen LogP contribution >= 0.6 is 11.6 Å². The highest BCUT2D eigenvalue weighted by molar-refractivity contribution is 6.32. The van der Waals surface area contributed by atoms with Crippen molar-refractivity contribution in [1.82, 2.24) is 0 Å². The van der Waals surface area contributed by atoms with Crippen molar-refractivity contribution in [3.63, 3.8) is 0 Å². The molecule has 200 valence electrons. The number of hydrogen-bond donors (Lipinski definition) is 1. The summed E-state index contributed by atoms with van der Waals surface area (Å²) in [7, 11) is 0. The first-order valence-corrected chi connectivity index (χ1v) is 13.8. The molecule has 2 heterocycles. The smallest absolute Gasteiger partial charge is 0.238 e. The maximum atomic E-state index is 14.0. The van der Waals surface area contributed by atoms with Gasteiger partial charge in [-0.2, -0.15) is 0 Å². The molecule has 1 N–H and O–H groups in total.